The Morgan fingerprint density at radius 2 is 2.00 bits per heavy atom. The fraction of sp³-hybridized carbons (Fsp3) is 0.375. The van der Waals surface area contributed by atoms with Crippen LogP contribution in [0.1, 0.15) is 22.3 Å². The first-order chi connectivity index (χ1) is 12.0. The molecule has 9 heteroatoms. The van der Waals surface area contributed by atoms with Gasteiger partial charge in [-0.1, -0.05) is 17.4 Å². The lowest BCUT2D eigenvalue weighted by molar-refractivity contribution is 0.0240. The third-order valence-electron chi connectivity index (χ3n) is 4.22. The number of thiazole rings is 1. The average molecular weight is 366 g/mol. The first-order valence-corrected chi connectivity index (χ1v) is 8.68. The fourth-order valence-corrected chi connectivity index (χ4v) is 4.24. The van der Waals surface area contributed by atoms with Gasteiger partial charge < -0.3 is 9.84 Å². The molecule has 0 amide bonds. The highest BCUT2D eigenvalue weighted by molar-refractivity contribution is 7.17. The minimum Gasteiger partial charge on any atom is -0.492 e. The van der Waals surface area contributed by atoms with E-state index in [1.165, 1.54) is 21.9 Å². The van der Waals surface area contributed by atoms with E-state index in [1.807, 2.05) is 0 Å². The van der Waals surface area contributed by atoms with E-state index in [2.05, 4.69) is 15.0 Å². The minimum atomic E-state index is -0.912. The summed E-state index contributed by atoms with van der Waals surface area (Å²) in [5.74, 6) is -1.27. The highest BCUT2D eigenvalue weighted by Gasteiger charge is 2.31. The summed E-state index contributed by atoms with van der Waals surface area (Å²) in [6.07, 6.45) is 0. The lowest BCUT2D eigenvalue weighted by Crippen LogP contribution is -2.39. The molecule has 1 N–H and O–H groups in total. The molecular formula is C16H16F2N4O2S. The highest BCUT2D eigenvalue weighted by atomic mass is 32.1. The second kappa shape index (κ2) is 6.32. The predicted octanol–water partition coefficient (Wildman–Crippen LogP) is 2.50. The van der Waals surface area contributed by atoms with E-state index >= 15 is 0 Å². The summed E-state index contributed by atoms with van der Waals surface area (Å²) in [5, 5.41) is 14.8. The van der Waals surface area contributed by atoms with Crippen molar-refractivity contribution in [2.24, 2.45) is 0 Å². The van der Waals surface area contributed by atoms with E-state index in [0.717, 1.165) is 6.07 Å². The summed E-state index contributed by atoms with van der Waals surface area (Å²) in [6.45, 7) is 4.07. The molecule has 0 bridgehead atoms. The quantitative estimate of drug-likeness (QED) is 0.772. The monoisotopic (exact) mass is 366 g/mol. The van der Waals surface area contributed by atoms with Gasteiger partial charge in [0.2, 0.25) is 10.8 Å². The van der Waals surface area contributed by atoms with Crippen LogP contribution in [0.2, 0.25) is 0 Å². The van der Waals surface area contributed by atoms with Gasteiger partial charge in [-0.15, -0.1) is 5.10 Å². The Hall–Kier alpha value is -2.10. The SMILES string of the molecule is Cc1nc2sc([C@H](c3ccc(F)c(F)c3)N3CCOCC3)c(O)n2n1. The molecular weight excluding hydrogens is 350 g/mol. The van der Waals surface area contributed by atoms with Crippen LogP contribution in [-0.4, -0.2) is 50.9 Å². The van der Waals surface area contributed by atoms with Crippen LogP contribution in [0.15, 0.2) is 18.2 Å². The van der Waals surface area contributed by atoms with Crippen molar-refractivity contribution in [1.82, 2.24) is 19.5 Å². The van der Waals surface area contributed by atoms with Gasteiger partial charge in [-0.25, -0.2) is 13.8 Å². The molecule has 1 fully saturated rings. The van der Waals surface area contributed by atoms with Crippen LogP contribution in [0.5, 0.6) is 5.88 Å². The van der Waals surface area contributed by atoms with Gasteiger partial charge in [0.15, 0.2) is 11.6 Å². The van der Waals surface area contributed by atoms with E-state index < -0.39 is 17.7 Å². The third-order valence-corrected chi connectivity index (χ3v) is 5.30. The molecule has 4 rings (SSSR count). The number of hydrogen-bond acceptors (Lipinski definition) is 6. The maximum atomic E-state index is 13.8. The number of fused-ring (bicyclic) bond motifs is 1. The number of morpholine rings is 1. The lowest BCUT2D eigenvalue weighted by Gasteiger charge is -2.34. The zero-order valence-electron chi connectivity index (χ0n) is 13.4. The van der Waals surface area contributed by atoms with Gasteiger partial charge in [-0.3, -0.25) is 4.90 Å². The molecule has 1 aliphatic heterocycles. The molecule has 6 nitrogen and oxygen atoms in total. The second-order valence-corrected chi connectivity index (χ2v) is 6.88. The summed E-state index contributed by atoms with van der Waals surface area (Å²) in [4.78, 5) is 7.52. The Bertz CT molecular complexity index is 920. The van der Waals surface area contributed by atoms with Gasteiger partial charge in [0.05, 0.1) is 24.1 Å². The summed E-state index contributed by atoms with van der Waals surface area (Å²) in [6, 6.07) is 3.40. The molecule has 1 aliphatic rings. The van der Waals surface area contributed by atoms with Crippen molar-refractivity contribution in [3.63, 3.8) is 0 Å². The molecule has 2 aromatic heterocycles. The smallest absolute Gasteiger partial charge is 0.230 e. The number of aryl methyl sites for hydroxylation is 1. The molecule has 1 saturated heterocycles. The van der Waals surface area contributed by atoms with E-state index in [-0.39, 0.29) is 5.88 Å². The molecule has 1 aromatic carbocycles. The van der Waals surface area contributed by atoms with Gasteiger partial charge >= 0.3 is 0 Å². The summed E-state index contributed by atoms with van der Waals surface area (Å²) >= 11 is 1.29. The zero-order valence-corrected chi connectivity index (χ0v) is 14.3. The maximum absolute atomic E-state index is 13.8. The zero-order chi connectivity index (χ0) is 17.6. The summed E-state index contributed by atoms with van der Waals surface area (Å²) < 4.78 is 33.9. The molecule has 0 spiro atoms. The van der Waals surface area contributed by atoms with E-state index in [4.69, 9.17) is 4.74 Å². The van der Waals surface area contributed by atoms with Crippen LogP contribution >= 0.6 is 11.3 Å². The molecule has 25 heavy (non-hydrogen) atoms. The first-order valence-electron chi connectivity index (χ1n) is 7.86. The summed E-state index contributed by atoms with van der Waals surface area (Å²) in [5.41, 5.74) is 0.567. The molecule has 3 heterocycles. The van der Waals surface area contributed by atoms with Crippen molar-refractivity contribution in [1.29, 1.82) is 0 Å². The molecule has 0 unspecified atom stereocenters. The van der Waals surface area contributed by atoms with E-state index in [9.17, 15) is 13.9 Å². The Labute approximate surface area is 146 Å². The molecule has 3 aromatic rings. The number of ether oxygens (including phenoxy) is 1. The Kier molecular flexibility index (Phi) is 4.14. The lowest BCUT2D eigenvalue weighted by atomic mass is 10.0. The Balaban J connectivity index is 1.84. The van der Waals surface area contributed by atoms with Crippen molar-refractivity contribution in [3.8, 4) is 5.88 Å². The predicted molar refractivity (Wildman–Crippen MR) is 87.9 cm³/mol. The minimum absolute atomic E-state index is 0.0261. The molecule has 1 atom stereocenters. The molecule has 0 saturated carbocycles. The first kappa shape index (κ1) is 16.4. The number of halogens is 2. The number of rotatable bonds is 3. The third kappa shape index (κ3) is 2.88. The van der Waals surface area contributed by atoms with Gasteiger partial charge in [0, 0.05) is 13.1 Å². The standard InChI is InChI=1S/C16H16F2N4O2S/c1-9-19-16-22(20-9)15(23)14(25-16)13(21-4-6-24-7-5-21)10-2-3-11(17)12(18)8-10/h2-3,8,13,23H,4-7H2,1H3/t13-/m0/s1. The van der Waals surface area contributed by atoms with Crippen LogP contribution < -0.4 is 0 Å². The van der Waals surface area contributed by atoms with Gasteiger partial charge in [-0.05, 0) is 24.6 Å². The average Bonchev–Trinajstić information content (AvgIpc) is 3.10. The van der Waals surface area contributed by atoms with Crippen molar-refractivity contribution >= 4 is 16.3 Å². The highest BCUT2D eigenvalue weighted by Crippen LogP contribution is 2.40. The topological polar surface area (TPSA) is 62.9 Å². The van der Waals surface area contributed by atoms with Crippen LogP contribution in [0.3, 0.4) is 0 Å². The number of nitrogens with zero attached hydrogens (tertiary/aromatic N) is 4. The fourth-order valence-electron chi connectivity index (χ4n) is 3.07. The van der Waals surface area contributed by atoms with Gasteiger partial charge in [0.25, 0.3) is 0 Å². The van der Waals surface area contributed by atoms with Gasteiger partial charge in [0.1, 0.15) is 5.82 Å². The Morgan fingerprint density at radius 1 is 1.24 bits per heavy atom. The molecule has 0 aliphatic carbocycles. The molecule has 0 radical (unpaired) electrons. The second-order valence-electron chi connectivity index (χ2n) is 5.87. The van der Waals surface area contributed by atoms with E-state index in [0.29, 0.717) is 47.5 Å². The number of hydrogen-bond donors (Lipinski definition) is 1. The normalized spacial score (nSPS) is 17.2. The maximum Gasteiger partial charge on any atom is 0.230 e. The van der Waals surface area contributed by atoms with Gasteiger partial charge in [-0.2, -0.15) is 4.52 Å². The Morgan fingerprint density at radius 3 is 2.68 bits per heavy atom. The number of benzene rings is 1. The van der Waals surface area contributed by atoms with Crippen LogP contribution in [0.25, 0.3) is 4.96 Å². The van der Waals surface area contributed by atoms with Crippen molar-refractivity contribution < 1.29 is 18.6 Å². The van der Waals surface area contributed by atoms with Crippen molar-refractivity contribution in [2.45, 2.75) is 13.0 Å². The van der Waals surface area contributed by atoms with Crippen molar-refractivity contribution in [2.75, 3.05) is 26.3 Å². The van der Waals surface area contributed by atoms with Crippen LogP contribution in [0.4, 0.5) is 8.78 Å². The van der Waals surface area contributed by atoms with E-state index in [1.54, 1.807) is 13.0 Å². The van der Waals surface area contributed by atoms with Crippen LogP contribution in [-0.2, 0) is 4.74 Å². The summed E-state index contributed by atoms with van der Waals surface area (Å²) in [7, 11) is 0. The number of aromatic nitrogens is 3. The van der Waals surface area contributed by atoms with Crippen LogP contribution in [0, 0.1) is 18.6 Å². The number of aromatic hydroxyl groups is 1. The van der Waals surface area contributed by atoms with Crippen molar-refractivity contribution in [3.05, 3.63) is 46.1 Å². The molecule has 132 valence electrons. The largest absolute Gasteiger partial charge is 0.492 e.